The number of hydrogen-bond acceptors (Lipinski definition) is 4. The molecule has 0 N–H and O–H groups in total. The zero-order chi connectivity index (χ0) is 13.5. The van der Waals surface area contributed by atoms with Crippen molar-refractivity contribution in [1.82, 2.24) is 14.7 Å². The number of carbonyl (C=O) groups excluding carboxylic acids is 1. The molecular weight excluding hydrogens is 278 g/mol. The van der Waals surface area contributed by atoms with Gasteiger partial charge in [-0.2, -0.15) is 5.10 Å². The molecule has 1 amide bonds. The van der Waals surface area contributed by atoms with E-state index in [2.05, 4.69) is 5.10 Å². The van der Waals surface area contributed by atoms with Gasteiger partial charge >= 0.3 is 0 Å². The number of halogens is 1. The fraction of sp³-hybridized carbons (Fsp3) is 0.600. The number of carbonyl (C=O) groups is 1. The first kappa shape index (κ1) is 13.4. The predicted molar refractivity (Wildman–Crippen MR) is 66.5 cm³/mol. The summed E-state index contributed by atoms with van der Waals surface area (Å²) in [5, 5.41) is 3.28. The zero-order valence-electron chi connectivity index (χ0n) is 10.1. The molecule has 1 aliphatic heterocycles. The van der Waals surface area contributed by atoms with Crippen LogP contribution in [0.2, 0.25) is 0 Å². The fourth-order valence-electron chi connectivity index (χ4n) is 1.98. The highest BCUT2D eigenvalue weighted by Crippen LogP contribution is 2.23. The van der Waals surface area contributed by atoms with E-state index in [-0.39, 0.29) is 18.9 Å². The number of amides is 1. The predicted octanol–water partition coefficient (Wildman–Crippen LogP) is 0.398. The van der Waals surface area contributed by atoms with Crippen LogP contribution in [0.3, 0.4) is 0 Å². The largest absolute Gasteiger partial charge is 0.337 e. The Labute approximate surface area is 110 Å². The summed E-state index contributed by atoms with van der Waals surface area (Å²) in [7, 11) is 3.42. The minimum atomic E-state index is -3.68. The van der Waals surface area contributed by atoms with Gasteiger partial charge in [-0.1, -0.05) is 0 Å². The van der Waals surface area contributed by atoms with Crippen LogP contribution in [-0.4, -0.2) is 40.8 Å². The Hall–Kier alpha value is -1.08. The average Bonchev–Trinajstić information content (AvgIpc) is 2.77. The van der Waals surface area contributed by atoms with Gasteiger partial charge in [-0.25, -0.2) is 8.42 Å². The SMILES string of the molecule is Cc1c(CN2CC(S(=O)(=O)Cl)CC2=O)cnn1C. The second-order valence-corrected chi connectivity index (χ2v) is 7.36. The molecule has 0 aliphatic carbocycles. The summed E-state index contributed by atoms with van der Waals surface area (Å²) < 4.78 is 24.2. The maximum absolute atomic E-state index is 11.7. The van der Waals surface area contributed by atoms with Crippen LogP contribution >= 0.6 is 10.7 Å². The van der Waals surface area contributed by atoms with E-state index < -0.39 is 14.3 Å². The van der Waals surface area contributed by atoms with Crippen LogP contribution in [0.4, 0.5) is 0 Å². The van der Waals surface area contributed by atoms with Crippen LogP contribution in [0, 0.1) is 6.92 Å². The van der Waals surface area contributed by atoms with E-state index in [1.807, 2.05) is 14.0 Å². The van der Waals surface area contributed by atoms with Gasteiger partial charge in [-0.05, 0) is 6.92 Å². The maximum Gasteiger partial charge on any atom is 0.237 e. The smallest absolute Gasteiger partial charge is 0.237 e. The lowest BCUT2D eigenvalue weighted by Gasteiger charge is -2.15. The standard InChI is InChI=1S/C10H14ClN3O3S/c1-7-8(4-12-13(7)2)5-14-6-9(3-10(14)15)18(11,16)17/h4,9H,3,5-6H2,1-2H3. The van der Waals surface area contributed by atoms with E-state index in [1.54, 1.807) is 10.9 Å². The zero-order valence-corrected chi connectivity index (χ0v) is 11.7. The number of nitrogens with zero attached hydrogens (tertiary/aromatic N) is 3. The number of aryl methyl sites for hydroxylation is 1. The van der Waals surface area contributed by atoms with E-state index in [0.29, 0.717) is 6.54 Å². The first-order valence-corrected chi connectivity index (χ1v) is 7.85. The Morgan fingerprint density at radius 3 is 2.67 bits per heavy atom. The van der Waals surface area contributed by atoms with Gasteiger partial charge in [0.05, 0.1) is 6.20 Å². The Morgan fingerprint density at radius 1 is 1.56 bits per heavy atom. The van der Waals surface area contributed by atoms with Crippen molar-refractivity contribution < 1.29 is 13.2 Å². The summed E-state index contributed by atoms with van der Waals surface area (Å²) in [4.78, 5) is 13.2. The van der Waals surface area contributed by atoms with E-state index in [1.165, 1.54) is 4.90 Å². The molecule has 0 aromatic carbocycles. The van der Waals surface area contributed by atoms with Gasteiger partial charge in [-0.15, -0.1) is 0 Å². The van der Waals surface area contributed by atoms with Gasteiger partial charge in [0.15, 0.2) is 0 Å². The summed E-state index contributed by atoms with van der Waals surface area (Å²) in [6.07, 6.45) is 1.65. The van der Waals surface area contributed by atoms with Crippen LogP contribution in [0.25, 0.3) is 0 Å². The molecular formula is C10H14ClN3O3S. The summed E-state index contributed by atoms with van der Waals surface area (Å²) in [5.41, 5.74) is 1.87. The van der Waals surface area contributed by atoms with E-state index in [4.69, 9.17) is 10.7 Å². The number of rotatable bonds is 3. The second kappa shape index (κ2) is 4.55. The highest BCUT2D eigenvalue weighted by atomic mass is 35.7. The third kappa shape index (κ3) is 2.51. The van der Waals surface area contributed by atoms with Crippen LogP contribution in [0.1, 0.15) is 17.7 Å². The monoisotopic (exact) mass is 291 g/mol. The normalized spacial score (nSPS) is 20.7. The Bertz CT molecular complexity index is 581. The molecule has 8 heteroatoms. The van der Waals surface area contributed by atoms with Crippen molar-refractivity contribution in [2.24, 2.45) is 7.05 Å². The summed E-state index contributed by atoms with van der Waals surface area (Å²) in [5.74, 6) is -0.188. The minimum absolute atomic E-state index is 0.0366. The molecule has 1 saturated heterocycles. The van der Waals surface area contributed by atoms with Gasteiger partial charge in [-0.3, -0.25) is 9.48 Å². The van der Waals surface area contributed by atoms with E-state index >= 15 is 0 Å². The minimum Gasteiger partial charge on any atom is -0.337 e. The summed E-state index contributed by atoms with van der Waals surface area (Å²) in [6, 6.07) is 0. The van der Waals surface area contributed by atoms with Crippen LogP contribution in [0.15, 0.2) is 6.20 Å². The van der Waals surface area contributed by atoms with Crippen molar-refractivity contribution in [2.45, 2.75) is 25.1 Å². The van der Waals surface area contributed by atoms with Crippen molar-refractivity contribution in [3.63, 3.8) is 0 Å². The number of likely N-dealkylation sites (tertiary alicyclic amines) is 1. The third-order valence-corrected chi connectivity index (χ3v) is 5.14. The molecule has 1 aromatic rings. The fourth-order valence-corrected chi connectivity index (χ4v) is 3.04. The average molecular weight is 292 g/mol. The highest BCUT2D eigenvalue weighted by molar-refractivity contribution is 8.14. The van der Waals surface area contributed by atoms with Crippen molar-refractivity contribution in [3.8, 4) is 0 Å². The molecule has 1 aromatic heterocycles. The van der Waals surface area contributed by atoms with Gasteiger partial charge in [0, 0.05) is 48.5 Å². The van der Waals surface area contributed by atoms with E-state index in [0.717, 1.165) is 11.3 Å². The molecule has 1 atom stereocenters. The Morgan fingerprint density at radius 2 is 2.22 bits per heavy atom. The lowest BCUT2D eigenvalue weighted by atomic mass is 10.2. The molecule has 1 fully saturated rings. The van der Waals surface area contributed by atoms with Crippen LogP contribution < -0.4 is 0 Å². The highest BCUT2D eigenvalue weighted by Gasteiger charge is 2.37. The van der Waals surface area contributed by atoms with Crippen molar-refractivity contribution in [2.75, 3.05) is 6.54 Å². The molecule has 2 rings (SSSR count). The first-order valence-electron chi connectivity index (χ1n) is 5.47. The Kier molecular flexibility index (Phi) is 3.37. The van der Waals surface area contributed by atoms with Crippen molar-refractivity contribution in [1.29, 1.82) is 0 Å². The van der Waals surface area contributed by atoms with Gasteiger partial charge in [0.1, 0.15) is 5.25 Å². The molecule has 100 valence electrons. The molecule has 1 aliphatic rings. The Balaban J connectivity index is 2.12. The van der Waals surface area contributed by atoms with Crippen LogP contribution in [-0.2, 0) is 27.4 Å². The molecule has 0 bridgehead atoms. The quantitative estimate of drug-likeness (QED) is 0.756. The van der Waals surface area contributed by atoms with Gasteiger partial charge in [0.2, 0.25) is 15.0 Å². The molecule has 6 nitrogen and oxygen atoms in total. The van der Waals surface area contributed by atoms with Crippen LogP contribution in [0.5, 0.6) is 0 Å². The summed E-state index contributed by atoms with van der Waals surface area (Å²) >= 11 is 0. The number of aromatic nitrogens is 2. The molecule has 0 spiro atoms. The summed E-state index contributed by atoms with van der Waals surface area (Å²) in [6.45, 7) is 2.43. The van der Waals surface area contributed by atoms with E-state index in [9.17, 15) is 13.2 Å². The molecule has 18 heavy (non-hydrogen) atoms. The molecule has 1 unspecified atom stereocenters. The molecule has 0 saturated carbocycles. The van der Waals surface area contributed by atoms with Gasteiger partial charge in [0.25, 0.3) is 0 Å². The molecule has 0 radical (unpaired) electrons. The molecule has 2 heterocycles. The lowest BCUT2D eigenvalue weighted by Crippen LogP contribution is -2.26. The second-order valence-electron chi connectivity index (χ2n) is 4.45. The lowest BCUT2D eigenvalue weighted by molar-refractivity contribution is -0.128. The maximum atomic E-state index is 11.7. The van der Waals surface area contributed by atoms with Crippen molar-refractivity contribution in [3.05, 3.63) is 17.5 Å². The van der Waals surface area contributed by atoms with Gasteiger partial charge < -0.3 is 4.90 Å². The third-order valence-electron chi connectivity index (χ3n) is 3.28. The van der Waals surface area contributed by atoms with Crippen molar-refractivity contribution >= 4 is 25.6 Å². The topological polar surface area (TPSA) is 72.3 Å². The number of hydrogen-bond donors (Lipinski definition) is 0. The first-order chi connectivity index (χ1) is 8.29.